The van der Waals surface area contributed by atoms with Gasteiger partial charge in [0.1, 0.15) is 0 Å². The highest BCUT2D eigenvalue weighted by Crippen LogP contribution is 2.10. The molecule has 0 aromatic rings. The van der Waals surface area contributed by atoms with Crippen LogP contribution in [0.1, 0.15) is 78.1 Å². The summed E-state index contributed by atoms with van der Waals surface area (Å²) in [4.78, 5) is 24.8. The van der Waals surface area contributed by atoms with Crippen molar-refractivity contribution in [1.29, 1.82) is 0 Å². The van der Waals surface area contributed by atoms with Gasteiger partial charge in [-0.2, -0.15) is 0 Å². The minimum absolute atomic E-state index is 0.0240. The van der Waals surface area contributed by atoms with Gasteiger partial charge in [-0.25, -0.2) is 9.37 Å². The summed E-state index contributed by atoms with van der Waals surface area (Å²) >= 11 is 0. The third kappa shape index (κ3) is 11.6. The van der Waals surface area contributed by atoms with Crippen LogP contribution in [0.2, 0.25) is 0 Å². The second-order valence-electron chi connectivity index (χ2n) is 7.55. The number of amides is 1. The molecule has 6 nitrogen and oxygen atoms in total. The van der Waals surface area contributed by atoms with E-state index in [9.17, 15) is 9.59 Å². The van der Waals surface area contributed by atoms with Crippen LogP contribution in [0, 0.1) is 12.0 Å². The molecular formula is C22H38N3O3+. The maximum absolute atomic E-state index is 11.9. The Kier molecular flexibility index (Phi) is 12.8. The predicted molar refractivity (Wildman–Crippen MR) is 113 cm³/mol. The highest BCUT2D eigenvalue weighted by Gasteiger charge is 2.17. The maximum atomic E-state index is 11.9. The standard InChI is InChI=1S/C22H37N3O3/c1-3-4-5-6-7-8-9-10-11-12-21(26)23-14-16-24-15-13-20(2)25(18-17-24)19-22(27)28/h3-12,14,16-19H2,1-2H3,(H-,23,26,27,28)/p+1. The minimum atomic E-state index is -0.849. The lowest BCUT2D eigenvalue weighted by molar-refractivity contribution is -0.517. The average molecular weight is 393 g/mol. The van der Waals surface area contributed by atoms with Crippen LogP contribution in [0.25, 0.3) is 0 Å². The molecule has 0 aromatic heterocycles. The summed E-state index contributed by atoms with van der Waals surface area (Å²) in [6, 6.07) is 3.05. The first kappa shape index (κ1) is 24.0. The maximum Gasteiger partial charge on any atom is 0.369 e. The average Bonchev–Trinajstić information content (AvgIpc) is 2.82. The van der Waals surface area contributed by atoms with Crippen molar-refractivity contribution in [2.45, 2.75) is 78.1 Å². The Hall–Kier alpha value is -2.03. The largest absolute Gasteiger partial charge is 0.477 e. The summed E-state index contributed by atoms with van der Waals surface area (Å²) in [5.74, 6) is 2.26. The Labute approximate surface area is 170 Å². The molecule has 28 heavy (non-hydrogen) atoms. The molecule has 1 amide bonds. The van der Waals surface area contributed by atoms with Gasteiger partial charge in [-0.15, -0.1) is 0 Å². The first-order valence-electron chi connectivity index (χ1n) is 10.9. The molecule has 0 unspecified atom stereocenters. The molecule has 0 fully saturated rings. The van der Waals surface area contributed by atoms with E-state index in [1.54, 1.807) is 4.58 Å². The van der Waals surface area contributed by atoms with Crippen LogP contribution in [0.3, 0.4) is 0 Å². The molecular weight excluding hydrogens is 354 g/mol. The SMILES string of the molecule is CCCCCCCCCCCC(=O)NCCN1C#CC(C)=[N+](CC(=O)O)CC1. The number of carboxylic acid groups (broad SMARTS) is 1. The molecule has 0 saturated carbocycles. The van der Waals surface area contributed by atoms with Gasteiger partial charge >= 0.3 is 5.97 Å². The van der Waals surface area contributed by atoms with Crippen molar-refractivity contribution in [3.63, 3.8) is 0 Å². The van der Waals surface area contributed by atoms with Crippen molar-refractivity contribution in [3.8, 4) is 12.0 Å². The van der Waals surface area contributed by atoms with E-state index in [-0.39, 0.29) is 12.5 Å². The Morgan fingerprint density at radius 2 is 1.75 bits per heavy atom. The number of aliphatic carboxylic acids is 1. The Bertz CT molecular complexity index is 575. The van der Waals surface area contributed by atoms with E-state index in [4.69, 9.17) is 5.11 Å². The smallest absolute Gasteiger partial charge is 0.369 e. The van der Waals surface area contributed by atoms with E-state index < -0.39 is 5.97 Å². The van der Waals surface area contributed by atoms with Gasteiger partial charge < -0.3 is 15.3 Å². The topological polar surface area (TPSA) is 72.7 Å². The molecule has 2 N–H and O–H groups in total. The van der Waals surface area contributed by atoms with Gasteiger partial charge in [-0.3, -0.25) is 4.79 Å². The minimum Gasteiger partial charge on any atom is -0.477 e. The van der Waals surface area contributed by atoms with Gasteiger partial charge in [0.15, 0.2) is 6.54 Å². The Morgan fingerprint density at radius 1 is 1.11 bits per heavy atom. The molecule has 0 spiro atoms. The van der Waals surface area contributed by atoms with Crippen LogP contribution in [0.5, 0.6) is 0 Å². The molecule has 0 aliphatic carbocycles. The number of carbonyl (C=O) groups excluding carboxylic acids is 1. The molecule has 158 valence electrons. The second kappa shape index (κ2) is 15.0. The van der Waals surface area contributed by atoms with Crippen LogP contribution < -0.4 is 5.32 Å². The molecule has 1 rings (SSSR count). The van der Waals surface area contributed by atoms with E-state index in [1.807, 2.05) is 11.8 Å². The lowest BCUT2D eigenvalue weighted by Gasteiger charge is -2.15. The predicted octanol–water partition coefficient (Wildman–Crippen LogP) is 2.86. The fourth-order valence-corrected chi connectivity index (χ4v) is 3.25. The molecule has 1 aliphatic rings. The van der Waals surface area contributed by atoms with Crippen LogP contribution in [0.4, 0.5) is 0 Å². The fourth-order valence-electron chi connectivity index (χ4n) is 3.25. The molecule has 6 heteroatoms. The summed E-state index contributed by atoms with van der Waals surface area (Å²) < 4.78 is 1.78. The molecule has 0 bridgehead atoms. The summed E-state index contributed by atoms with van der Waals surface area (Å²) in [5.41, 5.74) is 0.777. The van der Waals surface area contributed by atoms with Crippen molar-refractivity contribution >= 4 is 17.6 Å². The molecule has 0 atom stereocenters. The molecule has 0 saturated heterocycles. The number of nitrogens with zero attached hydrogens (tertiary/aromatic N) is 2. The van der Waals surface area contributed by atoms with Gasteiger partial charge in [0, 0.05) is 38.4 Å². The summed E-state index contributed by atoms with van der Waals surface area (Å²) in [5, 5.41) is 11.9. The first-order chi connectivity index (χ1) is 13.5. The zero-order valence-corrected chi connectivity index (χ0v) is 17.8. The van der Waals surface area contributed by atoms with E-state index in [0.717, 1.165) is 18.6 Å². The molecule has 0 radical (unpaired) electrons. The number of unbranched alkanes of at least 4 members (excludes halogenated alkanes) is 8. The number of nitrogens with one attached hydrogen (secondary N) is 1. The van der Waals surface area contributed by atoms with Crippen molar-refractivity contribution in [3.05, 3.63) is 0 Å². The van der Waals surface area contributed by atoms with Crippen molar-refractivity contribution in [2.75, 3.05) is 32.7 Å². The zero-order chi connectivity index (χ0) is 20.6. The summed E-state index contributed by atoms with van der Waals surface area (Å²) in [6.45, 7) is 6.57. The van der Waals surface area contributed by atoms with Gasteiger partial charge in [-0.1, -0.05) is 58.3 Å². The highest BCUT2D eigenvalue weighted by atomic mass is 16.4. The quantitative estimate of drug-likeness (QED) is 0.255. The zero-order valence-electron chi connectivity index (χ0n) is 17.8. The van der Waals surface area contributed by atoms with E-state index >= 15 is 0 Å². The van der Waals surface area contributed by atoms with Crippen LogP contribution in [-0.4, -0.2) is 64.9 Å². The number of rotatable bonds is 15. The highest BCUT2D eigenvalue weighted by molar-refractivity contribution is 5.94. The molecule has 1 aliphatic heterocycles. The Balaban J connectivity index is 2.07. The van der Waals surface area contributed by atoms with Crippen LogP contribution in [0.15, 0.2) is 0 Å². The summed E-state index contributed by atoms with van der Waals surface area (Å²) in [7, 11) is 0. The van der Waals surface area contributed by atoms with E-state index in [2.05, 4.69) is 24.2 Å². The Morgan fingerprint density at radius 3 is 2.39 bits per heavy atom. The number of hydrogen-bond acceptors (Lipinski definition) is 3. The number of carbonyl (C=O) groups is 2. The first-order valence-corrected chi connectivity index (χ1v) is 10.9. The van der Waals surface area contributed by atoms with Gasteiger partial charge in [0.2, 0.25) is 18.2 Å². The fraction of sp³-hybridized carbons (Fsp3) is 0.773. The van der Waals surface area contributed by atoms with Crippen molar-refractivity contribution < 1.29 is 19.3 Å². The van der Waals surface area contributed by atoms with Crippen molar-refractivity contribution in [2.24, 2.45) is 0 Å². The summed E-state index contributed by atoms with van der Waals surface area (Å²) in [6.07, 6.45) is 11.9. The second-order valence-corrected chi connectivity index (χ2v) is 7.55. The molecule has 0 aromatic carbocycles. The van der Waals surface area contributed by atoms with Gasteiger partial charge in [-0.05, 0) is 6.42 Å². The number of carboxylic acids is 1. The van der Waals surface area contributed by atoms with Crippen molar-refractivity contribution in [1.82, 2.24) is 10.2 Å². The monoisotopic (exact) mass is 392 g/mol. The third-order valence-corrected chi connectivity index (χ3v) is 5.05. The third-order valence-electron chi connectivity index (χ3n) is 5.05. The van der Waals surface area contributed by atoms with Gasteiger partial charge in [0.05, 0.1) is 6.54 Å². The van der Waals surface area contributed by atoms with E-state index in [0.29, 0.717) is 32.6 Å². The lowest BCUT2D eigenvalue weighted by atomic mass is 10.1. The van der Waals surface area contributed by atoms with E-state index in [1.165, 1.54) is 44.9 Å². The normalized spacial score (nSPS) is 13.7. The number of hydrogen-bond donors (Lipinski definition) is 2. The van der Waals surface area contributed by atoms with Gasteiger partial charge in [0.25, 0.3) is 0 Å². The molecule has 1 heterocycles. The van der Waals surface area contributed by atoms with Crippen LogP contribution >= 0.6 is 0 Å². The van der Waals surface area contributed by atoms with Crippen LogP contribution in [-0.2, 0) is 9.59 Å². The lowest BCUT2D eigenvalue weighted by Crippen LogP contribution is -2.35.